The van der Waals surface area contributed by atoms with Crippen molar-refractivity contribution in [3.63, 3.8) is 0 Å². The number of hydrogen-bond donors (Lipinski definition) is 1. The first-order chi connectivity index (χ1) is 6.97. The Hall–Kier alpha value is -1.34. The molecular formula is C7H6ClF2N3O2. The Morgan fingerprint density at radius 3 is 2.67 bits per heavy atom. The van der Waals surface area contributed by atoms with Gasteiger partial charge in [-0.25, -0.2) is 8.78 Å². The molecule has 0 aliphatic rings. The van der Waals surface area contributed by atoms with Crippen LogP contribution in [-0.2, 0) is 6.54 Å². The average Bonchev–Trinajstić information content (AvgIpc) is 2.15. The molecule has 0 fully saturated rings. The van der Waals surface area contributed by atoms with Crippen LogP contribution in [0.15, 0.2) is 6.07 Å². The maximum Gasteiger partial charge on any atom is 0.365 e. The van der Waals surface area contributed by atoms with E-state index in [4.69, 9.17) is 17.3 Å². The predicted molar refractivity (Wildman–Crippen MR) is 48.7 cm³/mol. The quantitative estimate of drug-likeness (QED) is 0.644. The number of nitrogens with zero attached hydrogens (tertiary/aromatic N) is 2. The maximum atomic E-state index is 12.5. The Kier molecular flexibility index (Phi) is 3.48. The lowest BCUT2D eigenvalue weighted by molar-refractivity contribution is -0.389. The zero-order valence-corrected chi connectivity index (χ0v) is 8.04. The van der Waals surface area contributed by atoms with Crippen LogP contribution in [-0.4, -0.2) is 9.91 Å². The second-order valence-electron chi connectivity index (χ2n) is 2.58. The van der Waals surface area contributed by atoms with E-state index in [1.165, 1.54) is 0 Å². The molecular weight excluding hydrogens is 232 g/mol. The molecule has 5 nitrogen and oxygen atoms in total. The van der Waals surface area contributed by atoms with Gasteiger partial charge in [0.1, 0.15) is 0 Å². The van der Waals surface area contributed by atoms with Crippen LogP contribution < -0.4 is 5.73 Å². The Morgan fingerprint density at radius 2 is 2.27 bits per heavy atom. The molecule has 0 spiro atoms. The van der Waals surface area contributed by atoms with Crippen molar-refractivity contribution in [3.8, 4) is 0 Å². The van der Waals surface area contributed by atoms with E-state index in [1.54, 1.807) is 0 Å². The van der Waals surface area contributed by atoms with Gasteiger partial charge in [0.15, 0.2) is 5.69 Å². The number of halogens is 3. The van der Waals surface area contributed by atoms with Crippen LogP contribution in [0.25, 0.3) is 0 Å². The van der Waals surface area contributed by atoms with Crippen LogP contribution >= 0.6 is 11.6 Å². The highest BCUT2D eigenvalue weighted by molar-refractivity contribution is 6.31. The van der Waals surface area contributed by atoms with E-state index in [-0.39, 0.29) is 12.2 Å². The van der Waals surface area contributed by atoms with Gasteiger partial charge in [-0.05, 0) is 9.91 Å². The molecule has 2 N–H and O–H groups in total. The van der Waals surface area contributed by atoms with Crippen molar-refractivity contribution in [2.45, 2.75) is 13.0 Å². The third-order valence-corrected chi connectivity index (χ3v) is 1.98. The van der Waals surface area contributed by atoms with Crippen molar-refractivity contribution in [3.05, 3.63) is 32.5 Å². The fourth-order valence-corrected chi connectivity index (χ4v) is 1.33. The summed E-state index contributed by atoms with van der Waals surface area (Å²) in [5.41, 5.74) is 4.34. The zero-order valence-electron chi connectivity index (χ0n) is 7.28. The van der Waals surface area contributed by atoms with E-state index >= 15 is 0 Å². The summed E-state index contributed by atoms with van der Waals surface area (Å²) in [6.07, 6.45) is -2.86. The molecule has 1 heterocycles. The molecule has 15 heavy (non-hydrogen) atoms. The molecule has 1 aromatic rings. The van der Waals surface area contributed by atoms with Crippen LogP contribution in [0.5, 0.6) is 0 Å². The van der Waals surface area contributed by atoms with Gasteiger partial charge in [0.05, 0.1) is 23.2 Å². The minimum absolute atomic E-state index is 0.260. The van der Waals surface area contributed by atoms with E-state index in [2.05, 4.69) is 4.98 Å². The third-order valence-electron chi connectivity index (χ3n) is 1.67. The number of pyridine rings is 1. The highest BCUT2D eigenvalue weighted by Gasteiger charge is 2.24. The van der Waals surface area contributed by atoms with Gasteiger partial charge in [-0.2, -0.15) is 0 Å². The number of alkyl halides is 2. The number of nitrogens with two attached hydrogens (primary N) is 1. The molecule has 82 valence electrons. The van der Waals surface area contributed by atoms with Crippen molar-refractivity contribution in [1.29, 1.82) is 0 Å². The van der Waals surface area contributed by atoms with E-state index < -0.39 is 27.8 Å². The fraction of sp³-hybridized carbons (Fsp3) is 0.286. The van der Waals surface area contributed by atoms with Crippen LogP contribution in [0, 0.1) is 10.1 Å². The first kappa shape index (κ1) is 11.7. The van der Waals surface area contributed by atoms with E-state index in [9.17, 15) is 18.9 Å². The smallest absolute Gasteiger partial charge is 0.358 e. The predicted octanol–water partition coefficient (Wildman–Crippen LogP) is 2.04. The molecule has 0 aliphatic heterocycles. The summed E-state index contributed by atoms with van der Waals surface area (Å²) in [7, 11) is 0. The van der Waals surface area contributed by atoms with Crippen LogP contribution in [0.2, 0.25) is 5.02 Å². The topological polar surface area (TPSA) is 82.0 Å². The largest absolute Gasteiger partial charge is 0.365 e. The summed E-state index contributed by atoms with van der Waals surface area (Å²) in [5, 5.41) is 9.96. The number of hydrogen-bond acceptors (Lipinski definition) is 4. The molecule has 0 unspecified atom stereocenters. The number of rotatable bonds is 3. The lowest BCUT2D eigenvalue weighted by Gasteiger charge is -2.04. The summed E-state index contributed by atoms with van der Waals surface area (Å²) in [5.74, 6) is -0.593. The minimum Gasteiger partial charge on any atom is -0.358 e. The number of nitro groups is 1. The molecule has 8 heteroatoms. The lowest BCUT2D eigenvalue weighted by atomic mass is 10.2. The van der Waals surface area contributed by atoms with Gasteiger partial charge in [0.2, 0.25) is 0 Å². The molecule has 1 rings (SSSR count). The van der Waals surface area contributed by atoms with Crippen molar-refractivity contribution in [2.75, 3.05) is 0 Å². The van der Waals surface area contributed by atoms with Gasteiger partial charge < -0.3 is 15.8 Å². The summed E-state index contributed by atoms with van der Waals surface area (Å²) >= 11 is 5.47. The molecule has 0 aliphatic carbocycles. The Labute approximate surface area is 88.0 Å². The second kappa shape index (κ2) is 4.45. The van der Waals surface area contributed by atoms with Gasteiger partial charge in [0, 0.05) is 0 Å². The average molecular weight is 238 g/mol. The van der Waals surface area contributed by atoms with Crippen molar-refractivity contribution in [2.24, 2.45) is 5.73 Å². The Balaban J connectivity index is 3.37. The van der Waals surface area contributed by atoms with Crippen LogP contribution in [0.3, 0.4) is 0 Å². The fourth-order valence-electron chi connectivity index (χ4n) is 1.04. The summed E-state index contributed by atoms with van der Waals surface area (Å²) in [6.45, 7) is -0.332. The standard InChI is InChI=1S/C7H6ClF2N3O2/c8-3-1-5(13(14)15)12-4(2-11)6(3)7(9)10/h1,7H,2,11H2. The molecule has 0 saturated heterocycles. The Bertz CT molecular complexity index is 400. The summed E-state index contributed by atoms with van der Waals surface area (Å²) < 4.78 is 24.9. The summed E-state index contributed by atoms with van der Waals surface area (Å²) in [6, 6.07) is 0.780. The van der Waals surface area contributed by atoms with Gasteiger partial charge in [-0.1, -0.05) is 11.6 Å². The van der Waals surface area contributed by atoms with E-state index in [0.29, 0.717) is 0 Å². The molecule has 0 amide bonds. The highest BCUT2D eigenvalue weighted by atomic mass is 35.5. The van der Waals surface area contributed by atoms with Gasteiger partial charge >= 0.3 is 5.82 Å². The highest BCUT2D eigenvalue weighted by Crippen LogP contribution is 2.31. The van der Waals surface area contributed by atoms with Crippen LogP contribution in [0.1, 0.15) is 17.7 Å². The van der Waals surface area contributed by atoms with E-state index in [0.717, 1.165) is 6.07 Å². The third kappa shape index (κ3) is 2.37. The van der Waals surface area contributed by atoms with E-state index in [1.807, 2.05) is 0 Å². The lowest BCUT2D eigenvalue weighted by Crippen LogP contribution is -2.08. The van der Waals surface area contributed by atoms with Crippen molar-refractivity contribution >= 4 is 17.4 Å². The maximum absolute atomic E-state index is 12.5. The molecule has 1 aromatic heterocycles. The molecule has 0 aromatic carbocycles. The molecule has 0 atom stereocenters. The minimum atomic E-state index is -2.86. The van der Waals surface area contributed by atoms with Crippen molar-refractivity contribution in [1.82, 2.24) is 4.98 Å². The second-order valence-corrected chi connectivity index (χ2v) is 2.99. The first-order valence-corrected chi connectivity index (χ1v) is 4.17. The zero-order chi connectivity index (χ0) is 11.6. The van der Waals surface area contributed by atoms with Crippen LogP contribution in [0.4, 0.5) is 14.6 Å². The molecule has 0 bridgehead atoms. The monoisotopic (exact) mass is 237 g/mol. The summed E-state index contributed by atoms with van der Waals surface area (Å²) in [4.78, 5) is 12.9. The van der Waals surface area contributed by atoms with Crippen molar-refractivity contribution < 1.29 is 13.7 Å². The van der Waals surface area contributed by atoms with Gasteiger partial charge in [-0.3, -0.25) is 0 Å². The first-order valence-electron chi connectivity index (χ1n) is 3.79. The molecule has 0 radical (unpaired) electrons. The number of aromatic nitrogens is 1. The SMILES string of the molecule is NCc1nc([N+](=O)[O-])cc(Cl)c1C(F)F. The van der Waals surface area contributed by atoms with Gasteiger partial charge in [0.25, 0.3) is 6.43 Å². The Morgan fingerprint density at radius 1 is 1.67 bits per heavy atom. The molecule has 0 saturated carbocycles. The normalized spacial score (nSPS) is 10.7. The van der Waals surface area contributed by atoms with Gasteiger partial charge in [-0.15, -0.1) is 0 Å².